The van der Waals surface area contributed by atoms with Crippen LogP contribution in [0.2, 0.25) is 0 Å². The molecule has 5 nitrogen and oxygen atoms in total. The Morgan fingerprint density at radius 2 is 2.14 bits per heavy atom. The molecule has 1 N–H and O–H groups in total. The Morgan fingerprint density at radius 3 is 2.29 bits per heavy atom. The predicted molar refractivity (Wildman–Crippen MR) is 20.6 cm³/mol. The van der Waals surface area contributed by atoms with Gasteiger partial charge in [-0.3, -0.25) is 4.79 Å². The zero-order chi connectivity index (χ0) is 5.70. The molecule has 0 heterocycles. The molecule has 6 heteroatoms. The lowest BCUT2D eigenvalue weighted by atomic mass is 11.5. The second-order valence-corrected chi connectivity index (χ2v) is 1.18. The summed E-state index contributed by atoms with van der Waals surface area (Å²) in [5.41, 5.74) is 1.47. The van der Waals surface area contributed by atoms with Crippen LogP contribution in [-0.2, 0) is 20.1 Å². The van der Waals surface area contributed by atoms with Gasteiger partial charge in [-0.2, -0.15) is 4.28 Å². The van der Waals surface area contributed by atoms with Crippen LogP contribution in [0.1, 0.15) is 0 Å². The van der Waals surface area contributed by atoms with Gasteiger partial charge in [0.1, 0.15) is 0 Å². The second kappa shape index (κ2) is 3.57. The number of rotatable bonds is 3. The summed E-state index contributed by atoms with van der Waals surface area (Å²) in [6.45, 7) is 0. The molecule has 0 aromatic rings. The fourth-order valence-corrected chi connectivity index (χ4v) is 0.194. The highest BCUT2D eigenvalue weighted by molar-refractivity contribution is 7.67. The van der Waals surface area contributed by atoms with Gasteiger partial charge in [-0.1, -0.05) is 0 Å². The van der Waals surface area contributed by atoms with Gasteiger partial charge in [0.25, 0.3) is 11.0 Å². The Hall–Kier alpha value is -0.620. The van der Waals surface area contributed by atoms with Gasteiger partial charge in [0.15, 0.2) is 0 Å². The zero-order valence-corrected chi connectivity index (χ0v) is 4.05. The minimum Gasteiger partial charge on any atom is -0.277 e. The second-order valence-electron chi connectivity index (χ2n) is 0.551. The molecule has 1 amide bonds. The van der Waals surface area contributed by atoms with E-state index in [-0.39, 0.29) is 6.41 Å². The van der Waals surface area contributed by atoms with Crippen molar-refractivity contribution >= 4 is 17.4 Å². The van der Waals surface area contributed by atoms with Gasteiger partial charge in [-0.15, -0.1) is 0 Å². The number of carbonyl (C=O) groups excluding carboxylic acids is 1. The molecule has 0 atom stereocenters. The molecule has 0 aliphatic carbocycles. The summed E-state index contributed by atoms with van der Waals surface area (Å²) < 4.78 is 22.2. The van der Waals surface area contributed by atoms with Gasteiger partial charge in [-0.25, -0.2) is 13.9 Å². The lowest BCUT2D eigenvalue weighted by Gasteiger charge is -1.81. The van der Waals surface area contributed by atoms with Crippen molar-refractivity contribution in [2.24, 2.45) is 0 Å². The van der Waals surface area contributed by atoms with E-state index >= 15 is 0 Å². The molecule has 0 aromatic heterocycles. The molecule has 0 fully saturated rings. The van der Waals surface area contributed by atoms with Crippen LogP contribution < -0.4 is 5.48 Å². The van der Waals surface area contributed by atoms with Crippen molar-refractivity contribution in [1.82, 2.24) is 5.48 Å². The fraction of sp³-hybridized carbons (Fsp3) is 0. The molecule has 0 bridgehead atoms. The minimum absolute atomic E-state index is 0.116. The first-order valence-electron chi connectivity index (χ1n) is 1.28. The molecule has 0 aromatic carbocycles. The third kappa shape index (κ3) is 5.38. The Morgan fingerprint density at radius 1 is 1.57 bits per heavy atom. The number of hydroxylamine groups is 1. The van der Waals surface area contributed by atoms with Crippen LogP contribution in [0.3, 0.4) is 0 Å². The van der Waals surface area contributed by atoms with E-state index in [1.165, 1.54) is 5.48 Å². The Labute approximate surface area is 41.4 Å². The third-order valence-electron chi connectivity index (χ3n) is 0.175. The first-order chi connectivity index (χ1) is 3.27. The maximum Gasteiger partial charge on any atom is 0.277 e. The first-order valence-corrected chi connectivity index (χ1v) is 2.37. The number of amides is 1. The molecule has 0 radical (unpaired) electrons. The molecule has 0 rings (SSSR count). The van der Waals surface area contributed by atoms with Crippen molar-refractivity contribution in [1.29, 1.82) is 0 Å². The molecule has 42 valence electrons. The van der Waals surface area contributed by atoms with E-state index in [9.17, 15) is 13.2 Å². The minimum atomic E-state index is -2.95. The van der Waals surface area contributed by atoms with Crippen LogP contribution in [0.15, 0.2) is 0 Å². The van der Waals surface area contributed by atoms with Gasteiger partial charge < -0.3 is 0 Å². The number of hydrogen-bond donors (Lipinski definition) is 2. The van der Waals surface area contributed by atoms with E-state index in [1.54, 1.807) is 0 Å². The molecule has 0 spiro atoms. The van der Waals surface area contributed by atoms with Crippen molar-refractivity contribution in [3.63, 3.8) is 0 Å². The number of hydrogen-bond acceptors (Lipinski definition) is 4. The van der Waals surface area contributed by atoms with Crippen LogP contribution in [0.4, 0.5) is 0 Å². The predicted octanol–water partition coefficient (Wildman–Crippen LogP) is -1.81. The Kier molecular flexibility index (Phi) is 3.25. The Bertz CT molecular complexity index is 109. The first kappa shape index (κ1) is 6.38. The van der Waals surface area contributed by atoms with Crippen LogP contribution in [0, 0.1) is 0 Å². The van der Waals surface area contributed by atoms with E-state index in [2.05, 4.69) is 4.28 Å². The SMILES string of the molecule is O=CNO[SH](=O)=O. The molecule has 0 saturated carbocycles. The largest absolute Gasteiger partial charge is 0.277 e. The fourth-order valence-electron chi connectivity index (χ4n) is 0.0645. The number of thiol groups is 1. The van der Waals surface area contributed by atoms with Crippen molar-refractivity contribution in [3.8, 4) is 0 Å². The lowest BCUT2D eigenvalue weighted by molar-refractivity contribution is -0.114. The summed E-state index contributed by atoms with van der Waals surface area (Å²) in [5, 5.41) is 0. The lowest BCUT2D eigenvalue weighted by Crippen LogP contribution is -2.09. The van der Waals surface area contributed by atoms with Crippen molar-refractivity contribution < 1.29 is 17.5 Å². The van der Waals surface area contributed by atoms with Gasteiger partial charge in [-0.05, 0) is 0 Å². The van der Waals surface area contributed by atoms with E-state index in [4.69, 9.17) is 0 Å². The van der Waals surface area contributed by atoms with E-state index < -0.39 is 11.0 Å². The van der Waals surface area contributed by atoms with Gasteiger partial charge in [0, 0.05) is 0 Å². The number of carbonyl (C=O) groups is 1. The zero-order valence-electron chi connectivity index (χ0n) is 3.16. The molecule has 0 aliphatic rings. The average Bonchev–Trinajstić information content (AvgIpc) is 1.61. The average molecular weight is 125 g/mol. The van der Waals surface area contributed by atoms with Crippen LogP contribution in [0.25, 0.3) is 0 Å². The monoisotopic (exact) mass is 125 g/mol. The summed E-state index contributed by atoms with van der Waals surface area (Å²) in [7, 11) is -2.95. The van der Waals surface area contributed by atoms with Crippen molar-refractivity contribution in [3.05, 3.63) is 0 Å². The third-order valence-corrected chi connectivity index (χ3v) is 0.430. The topological polar surface area (TPSA) is 72.5 Å². The van der Waals surface area contributed by atoms with Gasteiger partial charge >= 0.3 is 0 Å². The molecule has 7 heavy (non-hydrogen) atoms. The highest BCUT2D eigenvalue weighted by Crippen LogP contribution is 1.55. The molecular formula is CH3NO4S. The molecule has 0 saturated heterocycles. The molecule has 0 unspecified atom stereocenters. The molecule has 0 aliphatic heterocycles. The van der Waals surface area contributed by atoms with E-state index in [1.807, 2.05) is 0 Å². The summed E-state index contributed by atoms with van der Waals surface area (Å²) in [4.78, 5) is 9.21. The van der Waals surface area contributed by atoms with Gasteiger partial charge in [0.05, 0.1) is 0 Å². The maximum atomic E-state index is 9.35. The van der Waals surface area contributed by atoms with Gasteiger partial charge in [0.2, 0.25) is 6.41 Å². The standard InChI is InChI=1S/CH3NO4S/c3-1-2-6-7(4)5/h1,7H,(H,2,3). The number of nitrogens with one attached hydrogen (secondary N) is 1. The van der Waals surface area contributed by atoms with E-state index in [0.29, 0.717) is 0 Å². The summed E-state index contributed by atoms with van der Waals surface area (Å²) in [5.74, 6) is 0. The van der Waals surface area contributed by atoms with Crippen LogP contribution in [0.5, 0.6) is 0 Å². The van der Waals surface area contributed by atoms with E-state index in [0.717, 1.165) is 0 Å². The van der Waals surface area contributed by atoms with Crippen LogP contribution in [-0.4, -0.2) is 14.8 Å². The molecular weight excluding hydrogens is 122 g/mol. The Balaban J connectivity index is 3.14. The normalized spacial score (nSPS) is 8.71. The summed E-state index contributed by atoms with van der Waals surface area (Å²) in [6.07, 6.45) is 0.116. The highest BCUT2D eigenvalue weighted by atomic mass is 32.2. The van der Waals surface area contributed by atoms with Crippen molar-refractivity contribution in [2.75, 3.05) is 0 Å². The smallest absolute Gasteiger partial charge is 0.277 e. The quantitative estimate of drug-likeness (QED) is 0.265. The maximum absolute atomic E-state index is 9.35. The highest BCUT2D eigenvalue weighted by Gasteiger charge is 1.75. The summed E-state index contributed by atoms with van der Waals surface area (Å²) >= 11 is 0. The summed E-state index contributed by atoms with van der Waals surface area (Å²) in [6, 6.07) is 0. The van der Waals surface area contributed by atoms with Crippen LogP contribution >= 0.6 is 0 Å². The van der Waals surface area contributed by atoms with Crippen molar-refractivity contribution in [2.45, 2.75) is 0 Å².